The van der Waals surface area contributed by atoms with Gasteiger partial charge in [0.25, 0.3) is 0 Å². The van der Waals surface area contributed by atoms with Crippen LogP contribution in [-0.2, 0) is 31.3 Å². The Morgan fingerprint density at radius 2 is 1.82 bits per heavy atom. The van der Waals surface area contributed by atoms with Crippen LogP contribution in [0.1, 0.15) is 37.6 Å². The summed E-state index contributed by atoms with van der Waals surface area (Å²) in [6.45, 7) is 9.38. The van der Waals surface area contributed by atoms with E-state index in [1.165, 1.54) is 5.56 Å². The van der Waals surface area contributed by atoms with Gasteiger partial charge in [0.1, 0.15) is 5.69 Å². The van der Waals surface area contributed by atoms with Crippen LogP contribution in [0.2, 0.25) is 0 Å². The third kappa shape index (κ3) is 4.69. The number of aromatic nitrogens is 2. The van der Waals surface area contributed by atoms with Crippen LogP contribution in [0, 0.1) is 10.1 Å². The molecular weight excluding hydrogens is 358 g/mol. The number of hydrogen-bond donors (Lipinski definition) is 1. The van der Waals surface area contributed by atoms with Crippen LogP contribution in [-0.4, -0.2) is 44.9 Å². The second kappa shape index (κ2) is 8.70. The lowest BCUT2D eigenvalue weighted by Crippen LogP contribution is -2.44. The normalized spacial score (nSPS) is 20.3. The van der Waals surface area contributed by atoms with Crippen molar-refractivity contribution < 1.29 is 9.66 Å². The van der Waals surface area contributed by atoms with Crippen LogP contribution in [0.5, 0.6) is 0 Å². The van der Waals surface area contributed by atoms with E-state index in [1.807, 2.05) is 6.92 Å². The summed E-state index contributed by atoms with van der Waals surface area (Å²) >= 11 is 0. The number of rotatable bonds is 7. The summed E-state index contributed by atoms with van der Waals surface area (Å²) in [7, 11) is 1.72. The van der Waals surface area contributed by atoms with E-state index in [-0.39, 0.29) is 22.8 Å². The number of nitro groups is 1. The number of morpholine rings is 1. The average Bonchev–Trinajstić information content (AvgIpc) is 2.96. The molecule has 2 atom stereocenters. The standard InChI is InChI=1S/C20H29N5O3/c1-5-18-19(25(26)27)20(23(4)22-18)21-10-16-6-8-17(9-7-16)13-24-11-14(2)28-15(3)12-24/h6-9,14-15,21H,5,10-13H2,1-4H3. The zero-order valence-electron chi connectivity index (χ0n) is 17.0. The van der Waals surface area contributed by atoms with Crippen molar-refractivity contribution in [2.45, 2.75) is 52.5 Å². The van der Waals surface area contributed by atoms with Gasteiger partial charge < -0.3 is 10.1 Å². The van der Waals surface area contributed by atoms with Crippen LogP contribution in [0.25, 0.3) is 0 Å². The molecule has 0 radical (unpaired) electrons. The molecule has 1 aromatic heterocycles. The largest absolute Gasteiger partial charge is 0.373 e. The molecule has 0 saturated carbocycles. The fourth-order valence-electron chi connectivity index (χ4n) is 3.82. The van der Waals surface area contributed by atoms with Gasteiger partial charge in [-0.3, -0.25) is 15.0 Å². The van der Waals surface area contributed by atoms with Gasteiger partial charge >= 0.3 is 5.69 Å². The fraction of sp³-hybridized carbons (Fsp3) is 0.550. The first-order valence-corrected chi connectivity index (χ1v) is 9.77. The first-order chi connectivity index (χ1) is 13.4. The summed E-state index contributed by atoms with van der Waals surface area (Å²) in [4.78, 5) is 13.5. The fourth-order valence-corrected chi connectivity index (χ4v) is 3.82. The van der Waals surface area contributed by atoms with Crippen LogP contribution >= 0.6 is 0 Å². The number of nitrogens with zero attached hydrogens (tertiary/aromatic N) is 4. The highest BCUT2D eigenvalue weighted by atomic mass is 16.6. The van der Waals surface area contributed by atoms with Gasteiger partial charge in [-0.1, -0.05) is 31.2 Å². The Kier molecular flexibility index (Phi) is 6.31. The van der Waals surface area contributed by atoms with Crippen molar-refractivity contribution in [1.29, 1.82) is 0 Å². The molecule has 1 N–H and O–H groups in total. The highest BCUT2D eigenvalue weighted by Crippen LogP contribution is 2.28. The van der Waals surface area contributed by atoms with Gasteiger partial charge in [-0.05, 0) is 31.4 Å². The number of aryl methyl sites for hydroxylation is 2. The van der Waals surface area contributed by atoms with Gasteiger partial charge in [-0.2, -0.15) is 5.10 Å². The second-order valence-electron chi connectivity index (χ2n) is 7.50. The third-order valence-electron chi connectivity index (χ3n) is 4.99. The minimum Gasteiger partial charge on any atom is -0.373 e. The molecule has 152 valence electrons. The Labute approximate surface area is 165 Å². The molecule has 28 heavy (non-hydrogen) atoms. The first-order valence-electron chi connectivity index (χ1n) is 9.77. The molecule has 1 fully saturated rings. The molecule has 8 heteroatoms. The molecule has 0 aliphatic carbocycles. The quantitative estimate of drug-likeness (QED) is 0.580. The summed E-state index contributed by atoms with van der Waals surface area (Å²) < 4.78 is 7.34. The van der Waals surface area contributed by atoms with E-state index in [0.717, 1.165) is 25.2 Å². The number of nitrogens with one attached hydrogen (secondary N) is 1. The van der Waals surface area contributed by atoms with E-state index in [1.54, 1.807) is 11.7 Å². The summed E-state index contributed by atoms with van der Waals surface area (Å²) in [6.07, 6.45) is 1.05. The van der Waals surface area contributed by atoms with Gasteiger partial charge in [-0.25, -0.2) is 4.68 Å². The Bertz CT molecular complexity index is 808. The maximum atomic E-state index is 11.4. The smallest absolute Gasteiger partial charge is 0.333 e. The van der Waals surface area contributed by atoms with Crippen molar-refractivity contribution in [2.24, 2.45) is 7.05 Å². The SMILES string of the molecule is CCc1nn(C)c(NCc2ccc(CN3CC(C)OC(C)C3)cc2)c1[N+](=O)[O-]. The molecule has 2 unspecified atom stereocenters. The van der Waals surface area contributed by atoms with Crippen molar-refractivity contribution >= 4 is 11.5 Å². The lowest BCUT2D eigenvalue weighted by Gasteiger charge is -2.35. The number of hydrogen-bond acceptors (Lipinski definition) is 6. The molecule has 1 aliphatic heterocycles. The molecule has 2 aromatic rings. The van der Waals surface area contributed by atoms with Crippen molar-refractivity contribution in [2.75, 3.05) is 18.4 Å². The molecule has 3 rings (SSSR count). The lowest BCUT2D eigenvalue weighted by atomic mass is 10.1. The maximum absolute atomic E-state index is 11.4. The molecule has 0 bridgehead atoms. The Morgan fingerprint density at radius 1 is 1.21 bits per heavy atom. The van der Waals surface area contributed by atoms with E-state index >= 15 is 0 Å². The van der Waals surface area contributed by atoms with Crippen LogP contribution in [0.3, 0.4) is 0 Å². The second-order valence-corrected chi connectivity index (χ2v) is 7.50. The minimum atomic E-state index is -0.360. The molecule has 2 heterocycles. The van der Waals surface area contributed by atoms with Crippen LogP contribution < -0.4 is 5.32 Å². The zero-order chi connectivity index (χ0) is 20.3. The van der Waals surface area contributed by atoms with Crippen molar-refractivity contribution in [1.82, 2.24) is 14.7 Å². The number of ether oxygens (including phenoxy) is 1. The van der Waals surface area contributed by atoms with E-state index in [4.69, 9.17) is 4.74 Å². The van der Waals surface area contributed by atoms with Gasteiger partial charge in [0.15, 0.2) is 0 Å². The molecule has 8 nitrogen and oxygen atoms in total. The Morgan fingerprint density at radius 3 is 2.39 bits per heavy atom. The molecule has 1 saturated heterocycles. The van der Waals surface area contributed by atoms with E-state index in [0.29, 0.717) is 24.5 Å². The van der Waals surface area contributed by atoms with Gasteiger partial charge in [0, 0.05) is 33.2 Å². The zero-order valence-corrected chi connectivity index (χ0v) is 17.0. The predicted molar refractivity (Wildman–Crippen MR) is 108 cm³/mol. The Hall–Kier alpha value is -2.45. The lowest BCUT2D eigenvalue weighted by molar-refractivity contribution is -0.384. The summed E-state index contributed by atoms with van der Waals surface area (Å²) in [5, 5.41) is 18.8. The molecular formula is C20H29N5O3. The Balaban J connectivity index is 1.62. The minimum absolute atomic E-state index is 0.0668. The molecule has 1 aliphatic rings. The van der Waals surface area contributed by atoms with Crippen molar-refractivity contribution in [3.8, 4) is 0 Å². The van der Waals surface area contributed by atoms with Crippen LogP contribution in [0.15, 0.2) is 24.3 Å². The van der Waals surface area contributed by atoms with Gasteiger partial charge in [0.2, 0.25) is 5.82 Å². The first kappa shape index (κ1) is 20.3. The summed E-state index contributed by atoms with van der Waals surface area (Å²) in [5.74, 6) is 0.446. The maximum Gasteiger partial charge on any atom is 0.333 e. The average molecular weight is 387 g/mol. The van der Waals surface area contributed by atoms with Crippen molar-refractivity contribution in [3.05, 3.63) is 51.2 Å². The van der Waals surface area contributed by atoms with Gasteiger partial charge in [0.05, 0.1) is 17.1 Å². The monoisotopic (exact) mass is 387 g/mol. The van der Waals surface area contributed by atoms with Gasteiger partial charge in [-0.15, -0.1) is 0 Å². The molecule has 0 spiro atoms. The topological polar surface area (TPSA) is 85.5 Å². The highest BCUT2D eigenvalue weighted by Gasteiger charge is 2.25. The number of benzene rings is 1. The van der Waals surface area contributed by atoms with Crippen LogP contribution in [0.4, 0.5) is 11.5 Å². The van der Waals surface area contributed by atoms with E-state index in [9.17, 15) is 10.1 Å². The number of anilines is 1. The summed E-state index contributed by atoms with van der Waals surface area (Å²) in [6, 6.07) is 8.38. The summed E-state index contributed by atoms with van der Waals surface area (Å²) in [5.41, 5.74) is 2.89. The molecule has 1 aromatic carbocycles. The third-order valence-corrected chi connectivity index (χ3v) is 4.99. The van der Waals surface area contributed by atoms with Crippen molar-refractivity contribution in [3.63, 3.8) is 0 Å². The highest BCUT2D eigenvalue weighted by molar-refractivity contribution is 5.60. The molecule has 0 amide bonds. The predicted octanol–water partition coefficient (Wildman–Crippen LogP) is 3.11. The van der Waals surface area contributed by atoms with E-state index in [2.05, 4.69) is 53.4 Å². The van der Waals surface area contributed by atoms with E-state index < -0.39 is 0 Å².